The molecule has 3 N–H and O–H groups in total. The van der Waals surface area contributed by atoms with Gasteiger partial charge in [0, 0.05) is 11.8 Å². The van der Waals surface area contributed by atoms with Crippen LogP contribution in [-0.4, -0.2) is 27.1 Å². The molecule has 1 amide bonds. The molecule has 0 saturated carbocycles. The number of nitrogens with one attached hydrogen (secondary N) is 1. The van der Waals surface area contributed by atoms with Crippen LogP contribution in [0.25, 0.3) is 0 Å². The molecule has 6 heteroatoms. The summed E-state index contributed by atoms with van der Waals surface area (Å²) < 4.78 is 0. The maximum Gasteiger partial charge on any atom is 0.337 e. The van der Waals surface area contributed by atoms with Crippen molar-refractivity contribution >= 4 is 17.6 Å². The van der Waals surface area contributed by atoms with Crippen LogP contribution in [0.3, 0.4) is 0 Å². The van der Waals surface area contributed by atoms with Gasteiger partial charge in [0.2, 0.25) is 0 Å². The fraction of sp³-hybridized carbons (Fsp3) is 0.0714. The first-order valence-electron chi connectivity index (χ1n) is 5.77. The van der Waals surface area contributed by atoms with E-state index in [4.69, 9.17) is 5.11 Å². The Kier molecular flexibility index (Phi) is 3.65. The monoisotopic (exact) mass is 272 g/mol. The van der Waals surface area contributed by atoms with Crippen LogP contribution in [0.4, 0.5) is 5.69 Å². The zero-order chi connectivity index (χ0) is 14.7. The van der Waals surface area contributed by atoms with Crippen molar-refractivity contribution in [3.05, 3.63) is 53.3 Å². The van der Waals surface area contributed by atoms with Crippen LogP contribution in [0.1, 0.15) is 26.3 Å². The van der Waals surface area contributed by atoms with Crippen molar-refractivity contribution < 1.29 is 19.8 Å². The largest absolute Gasteiger partial charge is 0.508 e. The van der Waals surface area contributed by atoms with Gasteiger partial charge in [0.25, 0.3) is 5.91 Å². The fourth-order valence-electron chi connectivity index (χ4n) is 1.67. The molecule has 0 spiro atoms. The molecule has 0 bridgehead atoms. The van der Waals surface area contributed by atoms with E-state index in [-0.39, 0.29) is 17.0 Å². The van der Waals surface area contributed by atoms with E-state index < -0.39 is 11.9 Å². The first-order valence-corrected chi connectivity index (χ1v) is 5.77. The van der Waals surface area contributed by atoms with Gasteiger partial charge in [0.05, 0.1) is 17.4 Å². The van der Waals surface area contributed by atoms with Gasteiger partial charge in [-0.05, 0) is 36.8 Å². The van der Waals surface area contributed by atoms with Crippen LogP contribution in [0.2, 0.25) is 0 Å². The number of aromatic carboxylic acids is 1. The lowest BCUT2D eigenvalue weighted by molar-refractivity contribution is 0.0698. The molecule has 2 rings (SSSR count). The number of phenolic OH excluding ortho intramolecular Hbond substituents is 1. The molecule has 20 heavy (non-hydrogen) atoms. The summed E-state index contributed by atoms with van der Waals surface area (Å²) in [6.45, 7) is 1.67. The number of pyridine rings is 1. The van der Waals surface area contributed by atoms with E-state index in [1.807, 2.05) is 0 Å². The summed E-state index contributed by atoms with van der Waals surface area (Å²) in [7, 11) is 0. The highest BCUT2D eigenvalue weighted by atomic mass is 16.4. The van der Waals surface area contributed by atoms with Crippen molar-refractivity contribution in [2.75, 3.05) is 5.32 Å². The number of hydrogen-bond donors (Lipinski definition) is 3. The summed E-state index contributed by atoms with van der Waals surface area (Å²) in [5, 5.41) is 20.9. The number of nitrogens with zero attached hydrogens (tertiary/aromatic N) is 1. The molecule has 0 unspecified atom stereocenters. The van der Waals surface area contributed by atoms with Crippen LogP contribution >= 0.6 is 0 Å². The number of phenols is 1. The van der Waals surface area contributed by atoms with Crippen LogP contribution in [0.15, 0.2) is 36.7 Å². The first-order chi connectivity index (χ1) is 9.49. The quantitative estimate of drug-likeness (QED) is 0.794. The Labute approximate surface area is 114 Å². The Balaban J connectivity index is 2.28. The van der Waals surface area contributed by atoms with Gasteiger partial charge >= 0.3 is 5.97 Å². The number of aryl methyl sites for hydroxylation is 1. The van der Waals surface area contributed by atoms with Gasteiger partial charge < -0.3 is 15.5 Å². The molecule has 0 aliphatic heterocycles. The van der Waals surface area contributed by atoms with E-state index in [0.717, 1.165) is 0 Å². The molecule has 1 aromatic heterocycles. The Morgan fingerprint density at radius 3 is 2.65 bits per heavy atom. The molecular formula is C14H12N2O4. The molecule has 1 aromatic carbocycles. The summed E-state index contributed by atoms with van der Waals surface area (Å²) in [5.74, 6) is -1.53. The van der Waals surface area contributed by atoms with Gasteiger partial charge in [-0.2, -0.15) is 0 Å². The second-order valence-electron chi connectivity index (χ2n) is 4.18. The van der Waals surface area contributed by atoms with E-state index >= 15 is 0 Å². The van der Waals surface area contributed by atoms with Gasteiger partial charge in [0.1, 0.15) is 5.75 Å². The normalized spacial score (nSPS) is 10.1. The molecule has 0 atom stereocenters. The highest BCUT2D eigenvalue weighted by Crippen LogP contribution is 2.19. The molecule has 0 saturated heterocycles. The number of benzene rings is 1. The Morgan fingerprint density at radius 2 is 2.00 bits per heavy atom. The minimum absolute atomic E-state index is 0.0381. The van der Waals surface area contributed by atoms with Crippen molar-refractivity contribution in [1.82, 2.24) is 4.98 Å². The third-order valence-electron chi connectivity index (χ3n) is 2.76. The van der Waals surface area contributed by atoms with Crippen LogP contribution < -0.4 is 5.32 Å². The summed E-state index contributed by atoms with van der Waals surface area (Å²) in [6, 6.07) is 5.68. The zero-order valence-corrected chi connectivity index (χ0v) is 10.6. The first kappa shape index (κ1) is 13.5. The minimum atomic E-state index is -1.15. The third kappa shape index (κ3) is 2.74. The number of carbonyl (C=O) groups is 2. The summed E-state index contributed by atoms with van der Waals surface area (Å²) >= 11 is 0. The number of aromatic hydroxyl groups is 1. The third-order valence-corrected chi connectivity index (χ3v) is 2.76. The minimum Gasteiger partial charge on any atom is -0.508 e. The SMILES string of the molecule is Cc1cc(C(=O)Nc2cnccc2C(=O)O)ccc1O. The van der Waals surface area contributed by atoms with E-state index in [9.17, 15) is 14.7 Å². The lowest BCUT2D eigenvalue weighted by atomic mass is 10.1. The number of amides is 1. The molecule has 0 aliphatic carbocycles. The molecule has 1 heterocycles. The number of carbonyl (C=O) groups excluding carboxylic acids is 1. The molecular weight excluding hydrogens is 260 g/mol. The number of anilines is 1. The molecule has 0 radical (unpaired) electrons. The predicted molar refractivity (Wildman–Crippen MR) is 72.0 cm³/mol. The maximum atomic E-state index is 12.0. The maximum absolute atomic E-state index is 12.0. The number of carboxylic acids is 1. The Morgan fingerprint density at radius 1 is 1.25 bits per heavy atom. The van der Waals surface area contributed by atoms with Gasteiger partial charge in [-0.25, -0.2) is 4.79 Å². The smallest absolute Gasteiger partial charge is 0.337 e. The number of rotatable bonds is 3. The second-order valence-corrected chi connectivity index (χ2v) is 4.18. The average molecular weight is 272 g/mol. The summed E-state index contributed by atoms with van der Waals surface area (Å²) in [5.41, 5.74) is 0.961. The Hall–Kier alpha value is -2.89. The molecule has 102 valence electrons. The summed E-state index contributed by atoms with van der Waals surface area (Å²) in [6.07, 6.45) is 2.61. The van der Waals surface area contributed by atoms with E-state index in [0.29, 0.717) is 11.1 Å². The van der Waals surface area contributed by atoms with E-state index in [2.05, 4.69) is 10.3 Å². The summed E-state index contributed by atoms with van der Waals surface area (Å²) in [4.78, 5) is 26.9. The van der Waals surface area contributed by atoms with E-state index in [1.165, 1.54) is 36.7 Å². The van der Waals surface area contributed by atoms with E-state index in [1.54, 1.807) is 6.92 Å². The van der Waals surface area contributed by atoms with Gasteiger partial charge in [-0.15, -0.1) is 0 Å². The number of hydrogen-bond acceptors (Lipinski definition) is 4. The lowest BCUT2D eigenvalue weighted by Gasteiger charge is -2.08. The van der Waals surface area contributed by atoms with Crippen LogP contribution in [0, 0.1) is 6.92 Å². The van der Waals surface area contributed by atoms with Crippen LogP contribution in [-0.2, 0) is 0 Å². The molecule has 0 aliphatic rings. The molecule has 0 fully saturated rings. The van der Waals surface area contributed by atoms with Crippen molar-refractivity contribution in [1.29, 1.82) is 0 Å². The molecule has 6 nitrogen and oxygen atoms in total. The van der Waals surface area contributed by atoms with Gasteiger partial charge in [-0.3, -0.25) is 9.78 Å². The zero-order valence-electron chi connectivity index (χ0n) is 10.6. The standard InChI is InChI=1S/C14H12N2O4/c1-8-6-9(2-3-12(8)17)13(18)16-11-7-15-5-4-10(11)14(19)20/h2-7,17H,1H3,(H,16,18)(H,19,20). The topological polar surface area (TPSA) is 99.5 Å². The van der Waals surface area contributed by atoms with Crippen LogP contribution in [0.5, 0.6) is 5.75 Å². The second kappa shape index (κ2) is 5.40. The van der Waals surface area contributed by atoms with Crippen molar-refractivity contribution in [2.45, 2.75) is 6.92 Å². The number of carboxylic acid groups (broad SMARTS) is 1. The van der Waals surface area contributed by atoms with Crippen molar-refractivity contribution in [2.24, 2.45) is 0 Å². The Bertz CT molecular complexity index is 683. The van der Waals surface area contributed by atoms with Gasteiger partial charge in [-0.1, -0.05) is 0 Å². The highest BCUT2D eigenvalue weighted by Gasteiger charge is 2.14. The molecule has 2 aromatic rings. The van der Waals surface area contributed by atoms with Crippen molar-refractivity contribution in [3.63, 3.8) is 0 Å². The number of aromatic nitrogens is 1. The lowest BCUT2D eigenvalue weighted by Crippen LogP contribution is -2.15. The fourth-order valence-corrected chi connectivity index (χ4v) is 1.67. The highest BCUT2D eigenvalue weighted by molar-refractivity contribution is 6.07. The average Bonchev–Trinajstić information content (AvgIpc) is 2.42. The van der Waals surface area contributed by atoms with Crippen molar-refractivity contribution in [3.8, 4) is 5.75 Å². The van der Waals surface area contributed by atoms with Gasteiger partial charge in [0.15, 0.2) is 0 Å². The predicted octanol–water partition coefficient (Wildman–Crippen LogP) is 2.05.